The molecule has 0 bridgehead atoms. The van der Waals surface area contributed by atoms with Crippen LogP contribution in [0.1, 0.15) is 45.0 Å². The molecule has 0 aliphatic carbocycles. The number of nitrogens with zero attached hydrogens (tertiary/aromatic N) is 3. The monoisotopic (exact) mass is 238 g/mol. The molecule has 4 heteroatoms. The van der Waals surface area contributed by atoms with Gasteiger partial charge < -0.3 is 15.2 Å². The molecule has 1 heterocycles. The first kappa shape index (κ1) is 14.2. The Morgan fingerprint density at radius 1 is 1.35 bits per heavy atom. The summed E-state index contributed by atoms with van der Waals surface area (Å²) in [5, 5.41) is 0. The first-order valence-corrected chi connectivity index (χ1v) is 6.33. The molecule has 17 heavy (non-hydrogen) atoms. The van der Waals surface area contributed by atoms with Gasteiger partial charge in [-0.3, -0.25) is 0 Å². The van der Waals surface area contributed by atoms with E-state index in [9.17, 15) is 0 Å². The molecule has 0 aliphatic heterocycles. The van der Waals surface area contributed by atoms with Crippen LogP contribution in [0.5, 0.6) is 0 Å². The van der Waals surface area contributed by atoms with Crippen LogP contribution < -0.4 is 5.73 Å². The topological polar surface area (TPSA) is 47.1 Å². The largest absolute Gasteiger partial charge is 0.329 e. The minimum Gasteiger partial charge on any atom is -0.329 e. The lowest BCUT2D eigenvalue weighted by Gasteiger charge is -2.26. The van der Waals surface area contributed by atoms with Crippen molar-refractivity contribution in [3.63, 3.8) is 0 Å². The molecule has 0 aromatic carbocycles. The predicted octanol–water partition coefficient (Wildman–Crippen LogP) is 2.05. The zero-order valence-electron chi connectivity index (χ0n) is 11.7. The number of hydrogen-bond acceptors (Lipinski definition) is 3. The maximum atomic E-state index is 5.98. The predicted molar refractivity (Wildman–Crippen MR) is 71.9 cm³/mol. The lowest BCUT2D eigenvalue weighted by Crippen LogP contribution is -2.27. The van der Waals surface area contributed by atoms with Gasteiger partial charge in [-0.15, -0.1) is 0 Å². The van der Waals surface area contributed by atoms with Crippen molar-refractivity contribution in [1.82, 2.24) is 14.5 Å². The van der Waals surface area contributed by atoms with Crippen LogP contribution in [0.25, 0.3) is 0 Å². The first-order chi connectivity index (χ1) is 7.91. The van der Waals surface area contributed by atoms with E-state index in [1.807, 2.05) is 19.4 Å². The van der Waals surface area contributed by atoms with Crippen LogP contribution >= 0.6 is 0 Å². The quantitative estimate of drug-likeness (QED) is 0.825. The molecule has 0 aliphatic rings. The van der Waals surface area contributed by atoms with E-state index in [1.165, 1.54) is 0 Å². The first-order valence-electron chi connectivity index (χ1n) is 6.33. The third kappa shape index (κ3) is 4.13. The van der Waals surface area contributed by atoms with Crippen LogP contribution in [0, 0.1) is 5.92 Å². The third-order valence-electron chi connectivity index (χ3n) is 2.88. The van der Waals surface area contributed by atoms with E-state index < -0.39 is 0 Å². The number of likely N-dealkylation sites (N-methyl/N-ethyl adjacent to an activating group) is 1. The summed E-state index contributed by atoms with van der Waals surface area (Å²) in [5.74, 6) is 0.670. The number of imidazole rings is 1. The number of hydrogen-bond donors (Lipinski definition) is 1. The highest BCUT2D eigenvalue weighted by Crippen LogP contribution is 2.22. The van der Waals surface area contributed by atoms with Crippen LogP contribution in [-0.4, -0.2) is 35.1 Å². The highest BCUT2D eigenvalue weighted by molar-refractivity contribution is 5.05. The van der Waals surface area contributed by atoms with E-state index >= 15 is 0 Å². The fourth-order valence-corrected chi connectivity index (χ4v) is 2.21. The molecule has 1 aromatic rings. The van der Waals surface area contributed by atoms with Gasteiger partial charge in [0.15, 0.2) is 0 Å². The fourth-order valence-electron chi connectivity index (χ4n) is 2.21. The molecular weight excluding hydrogens is 212 g/mol. The van der Waals surface area contributed by atoms with Crippen LogP contribution in [0.4, 0.5) is 0 Å². The minimum atomic E-state index is 0.0364. The Morgan fingerprint density at radius 3 is 2.47 bits per heavy atom. The molecular formula is C13H26N4. The number of aromatic nitrogens is 2. The van der Waals surface area contributed by atoms with Gasteiger partial charge in [0.25, 0.3) is 0 Å². The molecule has 1 rings (SSSR count). The lowest BCUT2D eigenvalue weighted by molar-refractivity contribution is 0.283. The van der Waals surface area contributed by atoms with Crippen molar-refractivity contribution in [3.8, 4) is 0 Å². The fraction of sp³-hybridized carbons (Fsp3) is 0.769. The van der Waals surface area contributed by atoms with Gasteiger partial charge in [-0.05, 0) is 33.4 Å². The van der Waals surface area contributed by atoms with Gasteiger partial charge in [0.2, 0.25) is 0 Å². The zero-order chi connectivity index (χ0) is 13.0. The Balaban J connectivity index is 2.91. The van der Waals surface area contributed by atoms with Crippen molar-refractivity contribution < 1.29 is 0 Å². The van der Waals surface area contributed by atoms with Crippen molar-refractivity contribution in [2.45, 2.75) is 39.3 Å². The van der Waals surface area contributed by atoms with Crippen LogP contribution in [0.3, 0.4) is 0 Å². The summed E-state index contributed by atoms with van der Waals surface area (Å²) in [6.45, 7) is 7.54. The molecule has 0 fully saturated rings. The molecule has 4 nitrogen and oxygen atoms in total. The number of nitrogens with two attached hydrogens (primary N) is 1. The van der Waals surface area contributed by atoms with Gasteiger partial charge in [-0.2, -0.15) is 0 Å². The van der Waals surface area contributed by atoms with E-state index in [0.29, 0.717) is 12.0 Å². The van der Waals surface area contributed by atoms with Crippen LogP contribution in [0.15, 0.2) is 12.5 Å². The van der Waals surface area contributed by atoms with Crippen LogP contribution in [0.2, 0.25) is 0 Å². The summed E-state index contributed by atoms with van der Waals surface area (Å²) in [7, 11) is 4.21. The smallest absolute Gasteiger partial charge is 0.0951 e. The van der Waals surface area contributed by atoms with Crippen molar-refractivity contribution in [3.05, 3.63) is 18.2 Å². The third-order valence-corrected chi connectivity index (χ3v) is 2.88. The molecule has 0 spiro atoms. The van der Waals surface area contributed by atoms with Crippen molar-refractivity contribution >= 4 is 0 Å². The van der Waals surface area contributed by atoms with Crippen molar-refractivity contribution in [1.29, 1.82) is 0 Å². The zero-order valence-corrected chi connectivity index (χ0v) is 11.7. The Kier molecular flexibility index (Phi) is 5.15. The van der Waals surface area contributed by atoms with Gasteiger partial charge in [0.05, 0.1) is 12.0 Å². The summed E-state index contributed by atoms with van der Waals surface area (Å²) in [6.07, 6.45) is 4.94. The molecule has 0 saturated carbocycles. The van der Waals surface area contributed by atoms with E-state index in [-0.39, 0.29) is 6.04 Å². The molecule has 98 valence electrons. The highest BCUT2D eigenvalue weighted by atomic mass is 15.2. The summed E-state index contributed by atoms with van der Waals surface area (Å²) < 4.78 is 2.24. The lowest BCUT2D eigenvalue weighted by atomic mass is 10.0. The molecule has 0 saturated heterocycles. The Bertz CT molecular complexity index is 318. The second-order valence-corrected chi connectivity index (χ2v) is 5.56. The van der Waals surface area contributed by atoms with Gasteiger partial charge >= 0.3 is 0 Å². The number of rotatable bonds is 6. The Labute approximate surface area is 105 Å². The second kappa shape index (κ2) is 6.17. The normalized spacial score (nSPS) is 15.5. The van der Waals surface area contributed by atoms with Crippen molar-refractivity contribution in [2.75, 3.05) is 20.6 Å². The molecule has 0 radical (unpaired) electrons. The average molecular weight is 238 g/mol. The van der Waals surface area contributed by atoms with E-state index in [2.05, 4.69) is 42.4 Å². The average Bonchev–Trinajstić information content (AvgIpc) is 2.62. The van der Waals surface area contributed by atoms with Crippen molar-refractivity contribution in [2.24, 2.45) is 11.7 Å². The Morgan fingerprint density at radius 2 is 2.00 bits per heavy atom. The summed E-state index contributed by atoms with van der Waals surface area (Å²) in [6, 6.07) is 0.489. The highest BCUT2D eigenvalue weighted by Gasteiger charge is 2.18. The van der Waals surface area contributed by atoms with E-state index in [1.54, 1.807) is 0 Å². The van der Waals surface area contributed by atoms with Gasteiger partial charge in [-0.25, -0.2) is 4.98 Å². The van der Waals surface area contributed by atoms with Crippen LogP contribution in [-0.2, 0) is 0 Å². The van der Waals surface area contributed by atoms with Gasteiger partial charge in [-0.1, -0.05) is 13.8 Å². The van der Waals surface area contributed by atoms with E-state index in [0.717, 1.165) is 18.7 Å². The Hall–Kier alpha value is -0.870. The SMILES string of the molecule is CC(C)CC(CN(C)C)n1cncc1[C@H](C)N. The molecule has 1 aromatic heterocycles. The summed E-state index contributed by atoms with van der Waals surface area (Å²) >= 11 is 0. The molecule has 2 atom stereocenters. The van der Waals surface area contributed by atoms with Gasteiger partial charge in [0.1, 0.15) is 0 Å². The van der Waals surface area contributed by atoms with Gasteiger partial charge in [0, 0.05) is 24.8 Å². The van der Waals surface area contributed by atoms with E-state index in [4.69, 9.17) is 5.73 Å². The standard InChI is InChI=1S/C13H26N4/c1-10(2)6-12(8-16(4)5)17-9-15-7-13(17)11(3)14/h7,9-12H,6,8,14H2,1-5H3/t11-,12?/m0/s1. The minimum absolute atomic E-state index is 0.0364. The molecule has 0 amide bonds. The summed E-state index contributed by atoms with van der Waals surface area (Å²) in [4.78, 5) is 6.46. The maximum Gasteiger partial charge on any atom is 0.0951 e. The maximum absolute atomic E-state index is 5.98. The second-order valence-electron chi connectivity index (χ2n) is 5.56. The molecule has 1 unspecified atom stereocenters. The molecule has 2 N–H and O–H groups in total. The summed E-state index contributed by atoms with van der Waals surface area (Å²) in [5.41, 5.74) is 7.11.